The molecule has 1 heterocycles. The Hall–Kier alpha value is -3.73. The van der Waals surface area contributed by atoms with Crippen LogP contribution >= 0.6 is 11.8 Å². The number of thioether (sulfide) groups is 1. The largest absolute Gasteiger partial charge is 0.493 e. The number of rotatable bonds is 10. The van der Waals surface area contributed by atoms with Crippen LogP contribution in [0, 0.1) is 0 Å². The van der Waals surface area contributed by atoms with Crippen LogP contribution in [0.1, 0.15) is 18.1 Å². The number of anilines is 1. The number of nitrogen functional groups attached to an aromatic ring is 1. The average molecular weight is 456 g/mol. The van der Waals surface area contributed by atoms with E-state index in [9.17, 15) is 4.79 Å². The summed E-state index contributed by atoms with van der Waals surface area (Å²) < 4.78 is 11.8. The fourth-order valence-electron chi connectivity index (χ4n) is 2.69. The zero-order valence-corrected chi connectivity index (χ0v) is 18.8. The number of amides is 1. The lowest BCUT2D eigenvalue weighted by Crippen LogP contribution is -2.25. The lowest BCUT2D eigenvalue weighted by molar-refractivity contribution is -0.118. The van der Waals surface area contributed by atoms with Gasteiger partial charge in [0.05, 0.1) is 25.7 Å². The van der Waals surface area contributed by atoms with Crippen molar-refractivity contribution in [2.75, 3.05) is 31.2 Å². The molecule has 10 nitrogen and oxygen atoms in total. The first kappa shape index (κ1) is 22.9. The van der Waals surface area contributed by atoms with E-state index in [1.165, 1.54) is 16.4 Å². The Balaban J connectivity index is 1.55. The van der Waals surface area contributed by atoms with Crippen molar-refractivity contribution >= 4 is 29.3 Å². The van der Waals surface area contributed by atoms with Crippen molar-refractivity contribution < 1.29 is 14.3 Å². The Morgan fingerprint density at radius 2 is 1.88 bits per heavy atom. The van der Waals surface area contributed by atoms with E-state index in [0.29, 0.717) is 28.9 Å². The van der Waals surface area contributed by atoms with E-state index in [4.69, 9.17) is 15.3 Å². The minimum Gasteiger partial charge on any atom is -0.493 e. The highest BCUT2D eigenvalue weighted by Gasteiger charge is 2.12. The molecule has 0 radical (unpaired) electrons. The number of nitrogens with two attached hydrogens (primary N) is 1. The van der Waals surface area contributed by atoms with Crippen molar-refractivity contribution in [3.63, 3.8) is 0 Å². The maximum Gasteiger partial charge on any atom is 0.264 e. The molecule has 0 saturated heterocycles. The fraction of sp³-hybridized carbons (Fsp3) is 0.238. The number of nitrogens with zero attached hydrogens (tertiary/aromatic N) is 4. The van der Waals surface area contributed by atoms with E-state index in [2.05, 4.69) is 26.0 Å². The van der Waals surface area contributed by atoms with E-state index >= 15 is 0 Å². The van der Waals surface area contributed by atoms with Crippen LogP contribution in [0.3, 0.4) is 0 Å². The Bertz CT molecular complexity index is 1090. The second-order valence-electron chi connectivity index (χ2n) is 6.61. The zero-order valence-electron chi connectivity index (χ0n) is 18.0. The third-order valence-electron chi connectivity index (χ3n) is 4.45. The summed E-state index contributed by atoms with van der Waals surface area (Å²) in [6.07, 6.45) is 0. The van der Waals surface area contributed by atoms with Gasteiger partial charge in [-0.05, 0) is 30.7 Å². The number of ether oxygens (including phenoxy) is 2. The Morgan fingerprint density at radius 1 is 1.12 bits per heavy atom. The summed E-state index contributed by atoms with van der Waals surface area (Å²) in [5, 5.41) is 15.5. The number of hydrogen-bond acceptors (Lipinski definition) is 9. The fourth-order valence-corrected chi connectivity index (χ4v) is 3.38. The van der Waals surface area contributed by atoms with Crippen LogP contribution in [0.4, 0.5) is 5.95 Å². The number of benzene rings is 2. The number of carbonyl (C=O) groups is 1. The van der Waals surface area contributed by atoms with Gasteiger partial charge in [0, 0.05) is 12.1 Å². The summed E-state index contributed by atoms with van der Waals surface area (Å²) in [5.74, 6) is 7.55. The summed E-state index contributed by atoms with van der Waals surface area (Å²) in [7, 11) is 3.15. The number of nitrogens with one attached hydrogen (secondary N) is 2. The van der Waals surface area contributed by atoms with Gasteiger partial charge in [-0.15, -0.1) is 10.2 Å². The SMILES string of the molecule is COc1ccc(/C(C)=N/Nc2nnc(SCC(=O)NCc3ccccc3)n2N)cc1OC. The molecule has 1 amide bonds. The zero-order chi connectivity index (χ0) is 22.9. The van der Waals surface area contributed by atoms with Crippen molar-refractivity contribution in [1.29, 1.82) is 0 Å². The third-order valence-corrected chi connectivity index (χ3v) is 5.40. The molecule has 3 aromatic rings. The van der Waals surface area contributed by atoms with E-state index in [-0.39, 0.29) is 17.6 Å². The van der Waals surface area contributed by atoms with E-state index in [1.807, 2.05) is 49.4 Å². The van der Waals surface area contributed by atoms with E-state index in [0.717, 1.165) is 11.1 Å². The van der Waals surface area contributed by atoms with Gasteiger partial charge in [-0.1, -0.05) is 42.1 Å². The second kappa shape index (κ2) is 11.0. The molecule has 32 heavy (non-hydrogen) atoms. The summed E-state index contributed by atoms with van der Waals surface area (Å²) in [6, 6.07) is 15.2. The molecular formula is C21H25N7O3S. The number of hydrazone groups is 1. The van der Waals surface area contributed by atoms with Gasteiger partial charge in [0.15, 0.2) is 11.5 Å². The van der Waals surface area contributed by atoms with Gasteiger partial charge < -0.3 is 20.6 Å². The average Bonchev–Trinajstić information content (AvgIpc) is 3.19. The maximum atomic E-state index is 12.1. The molecule has 11 heteroatoms. The molecule has 0 fully saturated rings. The molecule has 4 N–H and O–H groups in total. The van der Waals surface area contributed by atoms with Crippen LogP contribution in [-0.2, 0) is 11.3 Å². The lowest BCUT2D eigenvalue weighted by atomic mass is 10.1. The van der Waals surface area contributed by atoms with Crippen LogP contribution in [0.15, 0.2) is 58.8 Å². The molecule has 1 aromatic heterocycles. The molecule has 0 spiro atoms. The van der Waals surface area contributed by atoms with E-state index in [1.54, 1.807) is 20.3 Å². The topological polar surface area (TPSA) is 129 Å². The van der Waals surface area contributed by atoms with Crippen molar-refractivity contribution in [3.05, 3.63) is 59.7 Å². The second-order valence-corrected chi connectivity index (χ2v) is 7.55. The quantitative estimate of drug-likeness (QED) is 0.184. The van der Waals surface area contributed by atoms with Crippen LogP contribution in [-0.4, -0.2) is 46.5 Å². The molecule has 0 unspecified atom stereocenters. The van der Waals surface area contributed by atoms with Crippen molar-refractivity contribution in [2.45, 2.75) is 18.6 Å². The monoisotopic (exact) mass is 455 g/mol. The van der Waals surface area contributed by atoms with E-state index < -0.39 is 0 Å². The Kier molecular flexibility index (Phi) is 7.92. The lowest BCUT2D eigenvalue weighted by Gasteiger charge is -2.09. The van der Waals surface area contributed by atoms with Gasteiger partial charge in [-0.3, -0.25) is 4.79 Å². The predicted octanol–water partition coefficient (Wildman–Crippen LogP) is 2.25. The maximum absolute atomic E-state index is 12.1. The van der Waals surface area contributed by atoms with Crippen LogP contribution < -0.4 is 26.1 Å². The van der Waals surface area contributed by atoms with Crippen LogP contribution in [0.2, 0.25) is 0 Å². The minimum atomic E-state index is -0.126. The first-order valence-electron chi connectivity index (χ1n) is 9.68. The van der Waals surface area contributed by atoms with Gasteiger partial charge in [0.1, 0.15) is 0 Å². The first-order chi connectivity index (χ1) is 15.5. The van der Waals surface area contributed by atoms with Gasteiger partial charge >= 0.3 is 0 Å². The molecule has 0 aliphatic carbocycles. The molecule has 2 aromatic carbocycles. The third kappa shape index (κ3) is 5.91. The normalized spacial score (nSPS) is 11.2. The smallest absolute Gasteiger partial charge is 0.264 e. The minimum absolute atomic E-state index is 0.126. The Morgan fingerprint density at radius 3 is 2.59 bits per heavy atom. The van der Waals surface area contributed by atoms with Crippen LogP contribution in [0.5, 0.6) is 11.5 Å². The van der Waals surface area contributed by atoms with Gasteiger partial charge in [0.25, 0.3) is 5.95 Å². The predicted molar refractivity (Wildman–Crippen MR) is 125 cm³/mol. The van der Waals surface area contributed by atoms with Gasteiger partial charge in [-0.2, -0.15) is 5.10 Å². The highest BCUT2D eigenvalue weighted by Crippen LogP contribution is 2.27. The highest BCUT2D eigenvalue weighted by molar-refractivity contribution is 7.99. The summed E-state index contributed by atoms with van der Waals surface area (Å²) in [6.45, 7) is 2.30. The summed E-state index contributed by atoms with van der Waals surface area (Å²) >= 11 is 1.18. The summed E-state index contributed by atoms with van der Waals surface area (Å²) in [4.78, 5) is 12.1. The number of hydrogen-bond donors (Lipinski definition) is 3. The number of carbonyl (C=O) groups excluding carboxylic acids is 1. The van der Waals surface area contributed by atoms with Crippen molar-refractivity contribution in [3.8, 4) is 11.5 Å². The molecule has 0 bridgehead atoms. The molecule has 0 saturated carbocycles. The highest BCUT2D eigenvalue weighted by atomic mass is 32.2. The molecule has 0 aliphatic rings. The number of aromatic nitrogens is 3. The molecular weight excluding hydrogens is 430 g/mol. The van der Waals surface area contributed by atoms with Crippen LogP contribution in [0.25, 0.3) is 0 Å². The van der Waals surface area contributed by atoms with Gasteiger partial charge in [0.2, 0.25) is 11.1 Å². The molecule has 3 rings (SSSR count). The number of methoxy groups -OCH3 is 2. The van der Waals surface area contributed by atoms with Gasteiger partial charge in [-0.25, -0.2) is 10.1 Å². The van der Waals surface area contributed by atoms with Crippen molar-refractivity contribution in [2.24, 2.45) is 5.10 Å². The first-order valence-corrected chi connectivity index (χ1v) is 10.7. The Labute approximate surface area is 190 Å². The molecule has 0 aliphatic heterocycles. The molecule has 168 valence electrons. The van der Waals surface area contributed by atoms with Crippen molar-refractivity contribution in [1.82, 2.24) is 20.2 Å². The standard InChI is InChI=1S/C21H25N7O3S/c1-14(16-9-10-17(30-2)18(11-16)31-3)24-25-20-26-27-21(28(20)22)32-13-19(29)23-12-15-7-5-4-6-8-15/h4-11H,12-13,22H2,1-3H3,(H,23,29)(H,25,26)/b24-14+. The molecule has 0 atom stereocenters. The summed E-state index contributed by atoms with van der Waals surface area (Å²) in [5.41, 5.74) is 5.35.